The molecule has 21 heavy (non-hydrogen) atoms. The van der Waals surface area contributed by atoms with Gasteiger partial charge in [0.25, 0.3) is 11.5 Å². The molecule has 108 valence electrons. The van der Waals surface area contributed by atoms with Crippen molar-refractivity contribution in [2.45, 2.75) is 18.6 Å². The summed E-state index contributed by atoms with van der Waals surface area (Å²) in [5.74, 6) is -0.645. The number of carbonyl (C=O) groups is 1. The lowest BCUT2D eigenvalue weighted by Crippen LogP contribution is -2.38. The van der Waals surface area contributed by atoms with E-state index in [9.17, 15) is 19.5 Å². The number of benzene rings is 1. The number of carbonyl (C=O) groups excluding carboxylic acids is 1. The van der Waals surface area contributed by atoms with E-state index in [1.807, 2.05) is 29.2 Å². The summed E-state index contributed by atoms with van der Waals surface area (Å²) in [6.45, 7) is 0. The van der Waals surface area contributed by atoms with Crippen molar-refractivity contribution in [3.8, 4) is 0 Å². The maximum absolute atomic E-state index is 12.1. The van der Waals surface area contributed by atoms with E-state index >= 15 is 0 Å². The molecule has 0 spiro atoms. The molecule has 1 aliphatic rings. The van der Waals surface area contributed by atoms with Crippen LogP contribution in [0.4, 0.5) is 0 Å². The van der Waals surface area contributed by atoms with Crippen molar-refractivity contribution in [3.63, 3.8) is 0 Å². The standard InChI is InChI=1S/C14H13N3O4/c18-10-5-7-3-1-2-4-8(7)11(10)16-12(19)9-6-15-14(21)17-13(9)20/h1-4,6,10-11,18H,5H2,(H,16,19)(H2,15,17,20,21). The Morgan fingerprint density at radius 2 is 2.05 bits per heavy atom. The van der Waals surface area contributed by atoms with Crippen molar-refractivity contribution in [1.82, 2.24) is 15.3 Å². The van der Waals surface area contributed by atoms with Crippen molar-refractivity contribution in [2.75, 3.05) is 0 Å². The highest BCUT2D eigenvalue weighted by Crippen LogP contribution is 2.31. The van der Waals surface area contributed by atoms with Crippen molar-refractivity contribution >= 4 is 5.91 Å². The molecule has 0 saturated heterocycles. The van der Waals surface area contributed by atoms with Crippen LogP contribution in [0.15, 0.2) is 40.1 Å². The van der Waals surface area contributed by atoms with E-state index in [4.69, 9.17) is 0 Å². The Labute approximate surface area is 118 Å². The Bertz CT molecular complexity index is 808. The Morgan fingerprint density at radius 1 is 1.29 bits per heavy atom. The van der Waals surface area contributed by atoms with Crippen LogP contribution in [0.2, 0.25) is 0 Å². The van der Waals surface area contributed by atoms with E-state index in [1.54, 1.807) is 0 Å². The summed E-state index contributed by atoms with van der Waals surface area (Å²) >= 11 is 0. The highest BCUT2D eigenvalue weighted by molar-refractivity contribution is 5.93. The highest BCUT2D eigenvalue weighted by atomic mass is 16.3. The summed E-state index contributed by atoms with van der Waals surface area (Å²) in [7, 11) is 0. The molecule has 7 heteroatoms. The minimum Gasteiger partial charge on any atom is -0.390 e. The number of fused-ring (bicyclic) bond motifs is 1. The van der Waals surface area contributed by atoms with Crippen LogP contribution in [0.3, 0.4) is 0 Å². The van der Waals surface area contributed by atoms with Gasteiger partial charge in [-0.2, -0.15) is 0 Å². The number of amides is 1. The maximum Gasteiger partial charge on any atom is 0.325 e. The molecule has 7 nitrogen and oxygen atoms in total. The fraction of sp³-hybridized carbons (Fsp3) is 0.214. The van der Waals surface area contributed by atoms with Gasteiger partial charge >= 0.3 is 5.69 Å². The number of aliphatic hydroxyl groups excluding tert-OH is 1. The largest absolute Gasteiger partial charge is 0.390 e. The second-order valence-corrected chi connectivity index (χ2v) is 4.91. The first kappa shape index (κ1) is 13.3. The summed E-state index contributed by atoms with van der Waals surface area (Å²) in [5.41, 5.74) is 0.149. The van der Waals surface area contributed by atoms with Gasteiger partial charge < -0.3 is 15.4 Å². The van der Waals surface area contributed by atoms with Crippen molar-refractivity contribution in [1.29, 1.82) is 0 Å². The van der Waals surface area contributed by atoms with Crippen LogP contribution in [0, 0.1) is 0 Å². The summed E-state index contributed by atoms with van der Waals surface area (Å²) in [6.07, 6.45) is 0.764. The van der Waals surface area contributed by atoms with Crippen molar-refractivity contribution in [2.24, 2.45) is 0 Å². The topological polar surface area (TPSA) is 115 Å². The van der Waals surface area contributed by atoms with E-state index < -0.39 is 29.3 Å². The van der Waals surface area contributed by atoms with E-state index in [2.05, 4.69) is 10.3 Å². The minimum atomic E-state index is -0.767. The van der Waals surface area contributed by atoms with E-state index in [-0.39, 0.29) is 5.56 Å². The number of rotatable bonds is 2. The van der Waals surface area contributed by atoms with Gasteiger partial charge in [-0.1, -0.05) is 24.3 Å². The highest BCUT2D eigenvalue weighted by Gasteiger charge is 2.32. The van der Waals surface area contributed by atoms with Gasteiger partial charge in [0.2, 0.25) is 0 Å². The number of aliphatic hydroxyl groups is 1. The van der Waals surface area contributed by atoms with Crippen LogP contribution in [0.25, 0.3) is 0 Å². The smallest absolute Gasteiger partial charge is 0.325 e. The van der Waals surface area contributed by atoms with E-state index in [1.165, 1.54) is 0 Å². The molecule has 2 unspecified atom stereocenters. The summed E-state index contributed by atoms with van der Waals surface area (Å²) in [5, 5.41) is 12.7. The van der Waals surface area contributed by atoms with Gasteiger partial charge in [-0.3, -0.25) is 14.6 Å². The average molecular weight is 287 g/mol. The summed E-state index contributed by atoms with van der Waals surface area (Å²) < 4.78 is 0. The van der Waals surface area contributed by atoms with Crippen LogP contribution in [0.5, 0.6) is 0 Å². The molecule has 4 N–H and O–H groups in total. The number of aromatic nitrogens is 2. The first-order chi connectivity index (χ1) is 10.1. The third-order valence-corrected chi connectivity index (χ3v) is 3.55. The molecule has 0 fully saturated rings. The zero-order valence-corrected chi connectivity index (χ0v) is 10.9. The lowest BCUT2D eigenvalue weighted by atomic mass is 10.1. The van der Waals surface area contributed by atoms with Crippen molar-refractivity contribution in [3.05, 3.63) is 68.0 Å². The van der Waals surface area contributed by atoms with Crippen LogP contribution in [0.1, 0.15) is 27.5 Å². The van der Waals surface area contributed by atoms with Gasteiger partial charge in [-0.05, 0) is 11.1 Å². The average Bonchev–Trinajstić information content (AvgIpc) is 2.75. The summed E-state index contributed by atoms with van der Waals surface area (Å²) in [4.78, 5) is 38.9. The molecule has 1 heterocycles. The Kier molecular flexibility index (Phi) is 3.19. The quantitative estimate of drug-likeness (QED) is 0.593. The molecule has 2 atom stereocenters. The van der Waals surface area contributed by atoms with Crippen LogP contribution in [-0.2, 0) is 6.42 Å². The van der Waals surface area contributed by atoms with Crippen molar-refractivity contribution < 1.29 is 9.90 Å². The zero-order valence-electron chi connectivity index (χ0n) is 10.9. The third kappa shape index (κ3) is 2.38. The molecule has 1 aromatic heterocycles. The fourth-order valence-corrected chi connectivity index (χ4v) is 2.55. The molecule has 1 aliphatic carbocycles. The molecule has 0 radical (unpaired) electrons. The van der Waals surface area contributed by atoms with Gasteiger partial charge in [0, 0.05) is 12.6 Å². The van der Waals surface area contributed by atoms with Crippen LogP contribution >= 0.6 is 0 Å². The van der Waals surface area contributed by atoms with E-state index in [0.717, 1.165) is 17.3 Å². The summed E-state index contributed by atoms with van der Waals surface area (Å²) in [6, 6.07) is 6.83. The predicted molar refractivity (Wildman–Crippen MR) is 74.0 cm³/mol. The molecule has 0 saturated carbocycles. The maximum atomic E-state index is 12.1. The first-order valence-corrected chi connectivity index (χ1v) is 6.45. The molecular weight excluding hydrogens is 274 g/mol. The fourth-order valence-electron chi connectivity index (χ4n) is 2.55. The van der Waals surface area contributed by atoms with Gasteiger partial charge in [0.15, 0.2) is 0 Å². The molecule has 3 rings (SSSR count). The molecule has 1 amide bonds. The van der Waals surface area contributed by atoms with Gasteiger partial charge in [0.1, 0.15) is 5.56 Å². The Balaban J connectivity index is 1.88. The lowest BCUT2D eigenvalue weighted by molar-refractivity contribution is 0.0856. The predicted octanol–water partition coefficient (Wildman–Crippen LogP) is -0.549. The SMILES string of the molecule is O=C(NC1c2ccccc2CC1O)c1c[nH]c(=O)[nH]c1=O. The molecular formula is C14H13N3O4. The normalized spacial score (nSPS) is 20.0. The molecule has 2 aromatic rings. The number of H-pyrrole nitrogens is 2. The minimum absolute atomic E-state index is 0.203. The van der Waals surface area contributed by atoms with Crippen LogP contribution in [-0.4, -0.2) is 27.1 Å². The Hall–Kier alpha value is -2.67. The molecule has 0 bridgehead atoms. The zero-order chi connectivity index (χ0) is 15.0. The second kappa shape index (κ2) is 5.02. The van der Waals surface area contributed by atoms with Gasteiger partial charge in [0.05, 0.1) is 12.1 Å². The third-order valence-electron chi connectivity index (χ3n) is 3.55. The number of hydrogen-bond donors (Lipinski definition) is 4. The number of aromatic amines is 2. The monoisotopic (exact) mass is 287 g/mol. The number of hydrogen-bond acceptors (Lipinski definition) is 4. The molecule has 1 aromatic carbocycles. The second-order valence-electron chi connectivity index (χ2n) is 4.91. The first-order valence-electron chi connectivity index (χ1n) is 6.45. The van der Waals surface area contributed by atoms with Crippen LogP contribution < -0.4 is 16.6 Å². The van der Waals surface area contributed by atoms with Gasteiger partial charge in [-0.25, -0.2) is 4.79 Å². The lowest BCUT2D eigenvalue weighted by Gasteiger charge is -2.17. The number of nitrogens with one attached hydrogen (secondary N) is 3. The van der Waals surface area contributed by atoms with Gasteiger partial charge in [-0.15, -0.1) is 0 Å². The Morgan fingerprint density at radius 3 is 2.81 bits per heavy atom. The van der Waals surface area contributed by atoms with E-state index in [0.29, 0.717) is 6.42 Å². The molecule has 0 aliphatic heterocycles.